The molecule has 2 heterocycles. The maximum Gasteiger partial charge on any atom is 0.231 e. The van der Waals surface area contributed by atoms with Crippen LogP contribution in [0.3, 0.4) is 0 Å². The summed E-state index contributed by atoms with van der Waals surface area (Å²) in [5.41, 5.74) is 1.23. The zero-order valence-corrected chi connectivity index (χ0v) is 11.8. The highest BCUT2D eigenvalue weighted by atomic mass is 35.5. The Hall–Kier alpha value is -2.33. The molecule has 21 heavy (non-hydrogen) atoms. The number of rotatable bonds is 3. The Bertz CT molecular complexity index is 719. The van der Waals surface area contributed by atoms with E-state index in [2.05, 4.69) is 0 Å². The van der Waals surface area contributed by atoms with Gasteiger partial charge in [-0.15, -0.1) is 0 Å². The van der Waals surface area contributed by atoms with Crippen LogP contribution >= 0.6 is 11.6 Å². The minimum absolute atomic E-state index is 0.0680. The normalized spacial score (nSPS) is 16.7. The van der Waals surface area contributed by atoms with E-state index in [-0.39, 0.29) is 17.5 Å². The number of nitrogens with zero attached hydrogens (tertiary/aromatic N) is 1. The molecule has 0 atom stereocenters. The quantitative estimate of drug-likeness (QED) is 0.639. The summed E-state index contributed by atoms with van der Waals surface area (Å²) in [4.78, 5) is 25.7. The highest BCUT2D eigenvalue weighted by molar-refractivity contribution is 6.34. The van der Waals surface area contributed by atoms with Crippen molar-refractivity contribution >= 4 is 29.0 Å². The van der Waals surface area contributed by atoms with Crippen molar-refractivity contribution in [2.75, 3.05) is 4.90 Å². The topological polar surface area (TPSA) is 50.5 Å². The molecule has 0 aliphatic carbocycles. The van der Waals surface area contributed by atoms with E-state index in [0.29, 0.717) is 29.2 Å². The van der Waals surface area contributed by atoms with Crippen LogP contribution in [0.5, 0.6) is 0 Å². The van der Waals surface area contributed by atoms with Crippen LogP contribution in [-0.4, -0.2) is 11.7 Å². The van der Waals surface area contributed by atoms with E-state index in [1.54, 1.807) is 36.4 Å². The molecule has 4 nitrogen and oxygen atoms in total. The van der Waals surface area contributed by atoms with Gasteiger partial charge in [-0.3, -0.25) is 14.5 Å². The van der Waals surface area contributed by atoms with E-state index in [1.807, 2.05) is 0 Å². The number of allylic oxidation sites excluding steroid dienone is 2. The molecule has 0 spiro atoms. The molecule has 0 saturated carbocycles. The summed E-state index contributed by atoms with van der Waals surface area (Å²) >= 11 is 6.15. The van der Waals surface area contributed by atoms with Gasteiger partial charge in [-0.05, 0) is 30.7 Å². The predicted octanol–water partition coefficient (Wildman–Crippen LogP) is 3.83. The number of carbonyl (C=O) groups is 2. The van der Waals surface area contributed by atoms with Gasteiger partial charge in [-0.25, -0.2) is 0 Å². The first-order valence-corrected chi connectivity index (χ1v) is 6.90. The maximum absolute atomic E-state index is 12.1. The number of ketones is 1. The van der Waals surface area contributed by atoms with Gasteiger partial charge in [0.15, 0.2) is 5.76 Å². The molecule has 1 aromatic carbocycles. The zero-order chi connectivity index (χ0) is 14.8. The third kappa shape index (κ3) is 2.62. The minimum Gasteiger partial charge on any atom is -0.461 e. The van der Waals surface area contributed by atoms with Gasteiger partial charge in [0.05, 0.1) is 17.0 Å². The van der Waals surface area contributed by atoms with Crippen molar-refractivity contribution in [1.82, 2.24) is 0 Å². The Kier molecular flexibility index (Phi) is 3.62. The number of carbonyl (C=O) groups excluding carboxylic acids is 2. The Morgan fingerprint density at radius 3 is 2.71 bits per heavy atom. The summed E-state index contributed by atoms with van der Waals surface area (Å²) in [6.07, 6.45) is 3.75. The zero-order valence-electron chi connectivity index (χ0n) is 11.1. The molecule has 2 aromatic rings. The maximum atomic E-state index is 12.1. The van der Waals surface area contributed by atoms with Crippen LogP contribution in [0.25, 0.3) is 0 Å². The molecular formula is C16H12ClNO3. The SMILES string of the molecule is O=C(/C=C1\CCC(=O)N1c1ccccc1Cl)c1ccco1. The first-order valence-electron chi connectivity index (χ1n) is 6.53. The third-order valence-corrected chi connectivity index (χ3v) is 3.61. The van der Waals surface area contributed by atoms with Crippen molar-refractivity contribution < 1.29 is 14.0 Å². The fraction of sp³-hybridized carbons (Fsp3) is 0.125. The minimum atomic E-state index is -0.262. The second-order valence-corrected chi connectivity index (χ2v) is 5.06. The van der Waals surface area contributed by atoms with Gasteiger partial charge in [-0.1, -0.05) is 23.7 Å². The number of amides is 1. The molecule has 0 radical (unpaired) electrons. The highest BCUT2D eigenvalue weighted by Gasteiger charge is 2.29. The summed E-state index contributed by atoms with van der Waals surface area (Å²) < 4.78 is 5.07. The third-order valence-electron chi connectivity index (χ3n) is 3.29. The summed E-state index contributed by atoms with van der Waals surface area (Å²) in [6.45, 7) is 0. The van der Waals surface area contributed by atoms with Gasteiger partial charge in [0, 0.05) is 18.2 Å². The molecule has 1 aliphatic heterocycles. The number of hydrogen-bond donors (Lipinski definition) is 0. The number of para-hydroxylation sites is 1. The fourth-order valence-corrected chi connectivity index (χ4v) is 2.54. The summed E-state index contributed by atoms with van der Waals surface area (Å²) in [6, 6.07) is 10.3. The van der Waals surface area contributed by atoms with E-state index in [4.69, 9.17) is 16.0 Å². The summed E-state index contributed by atoms with van der Waals surface area (Å²) in [5.74, 6) is -0.0793. The van der Waals surface area contributed by atoms with E-state index in [1.165, 1.54) is 17.2 Å². The van der Waals surface area contributed by atoms with Crippen LogP contribution in [0, 0.1) is 0 Å². The van der Waals surface area contributed by atoms with Gasteiger partial charge >= 0.3 is 0 Å². The molecule has 5 heteroatoms. The first kappa shape index (κ1) is 13.6. The van der Waals surface area contributed by atoms with Crippen LogP contribution in [-0.2, 0) is 4.79 Å². The summed E-state index contributed by atoms with van der Waals surface area (Å²) in [7, 11) is 0. The monoisotopic (exact) mass is 301 g/mol. The standard InChI is InChI=1S/C16H12ClNO3/c17-12-4-1-2-5-13(12)18-11(7-8-16(18)20)10-14(19)15-6-3-9-21-15/h1-6,9-10H,7-8H2/b11-10+. The van der Waals surface area contributed by atoms with E-state index in [9.17, 15) is 9.59 Å². The fourth-order valence-electron chi connectivity index (χ4n) is 2.32. The molecule has 1 saturated heterocycles. The van der Waals surface area contributed by atoms with E-state index in [0.717, 1.165) is 0 Å². The predicted molar refractivity (Wildman–Crippen MR) is 79.3 cm³/mol. The molecule has 3 rings (SSSR count). The van der Waals surface area contributed by atoms with Crippen molar-refractivity contribution in [3.63, 3.8) is 0 Å². The van der Waals surface area contributed by atoms with Gasteiger partial charge in [0.1, 0.15) is 0 Å². The second-order valence-electron chi connectivity index (χ2n) is 4.66. The second kappa shape index (κ2) is 5.58. The van der Waals surface area contributed by atoms with Crippen molar-refractivity contribution in [3.8, 4) is 0 Å². The largest absolute Gasteiger partial charge is 0.461 e. The lowest BCUT2D eigenvalue weighted by molar-refractivity contribution is -0.116. The first-order chi connectivity index (χ1) is 10.2. The molecule has 0 unspecified atom stereocenters. The number of hydrogen-bond acceptors (Lipinski definition) is 3. The Labute approximate surface area is 126 Å². The Morgan fingerprint density at radius 1 is 1.19 bits per heavy atom. The van der Waals surface area contributed by atoms with E-state index >= 15 is 0 Å². The number of halogens is 1. The lowest BCUT2D eigenvalue weighted by Crippen LogP contribution is -2.23. The van der Waals surface area contributed by atoms with Gasteiger partial charge in [0.25, 0.3) is 0 Å². The Morgan fingerprint density at radius 2 is 2.00 bits per heavy atom. The van der Waals surface area contributed by atoms with Crippen molar-refractivity contribution in [3.05, 3.63) is 65.2 Å². The number of benzene rings is 1. The van der Waals surface area contributed by atoms with E-state index < -0.39 is 0 Å². The molecule has 1 fully saturated rings. The molecule has 1 aromatic heterocycles. The summed E-state index contributed by atoms with van der Waals surface area (Å²) in [5, 5.41) is 0.476. The van der Waals surface area contributed by atoms with Crippen LogP contribution in [0.4, 0.5) is 5.69 Å². The average Bonchev–Trinajstić information content (AvgIpc) is 3.11. The molecule has 0 N–H and O–H groups in total. The van der Waals surface area contributed by atoms with Crippen molar-refractivity contribution in [2.45, 2.75) is 12.8 Å². The Balaban J connectivity index is 1.97. The molecule has 0 bridgehead atoms. The van der Waals surface area contributed by atoms with Crippen LogP contribution in [0.15, 0.2) is 58.9 Å². The highest BCUT2D eigenvalue weighted by Crippen LogP contribution is 2.34. The van der Waals surface area contributed by atoms with Gasteiger partial charge in [-0.2, -0.15) is 0 Å². The van der Waals surface area contributed by atoms with Crippen LogP contribution in [0.2, 0.25) is 5.02 Å². The number of anilines is 1. The number of furan rings is 1. The van der Waals surface area contributed by atoms with Crippen molar-refractivity contribution in [2.24, 2.45) is 0 Å². The lowest BCUT2D eigenvalue weighted by Gasteiger charge is -2.19. The molecular weight excluding hydrogens is 290 g/mol. The smallest absolute Gasteiger partial charge is 0.231 e. The molecule has 1 aliphatic rings. The average molecular weight is 302 g/mol. The lowest BCUT2D eigenvalue weighted by atomic mass is 10.2. The van der Waals surface area contributed by atoms with Crippen molar-refractivity contribution in [1.29, 1.82) is 0 Å². The van der Waals surface area contributed by atoms with Gasteiger partial charge < -0.3 is 4.42 Å². The molecule has 106 valence electrons. The van der Waals surface area contributed by atoms with Crippen LogP contribution < -0.4 is 4.90 Å². The molecule has 1 amide bonds. The van der Waals surface area contributed by atoms with Gasteiger partial charge in [0.2, 0.25) is 11.7 Å². The van der Waals surface area contributed by atoms with Crippen LogP contribution in [0.1, 0.15) is 23.4 Å².